The molecule has 60 valence electrons. The molecule has 0 fully saturated rings. The number of carboxylic acids is 1. The van der Waals surface area contributed by atoms with Gasteiger partial charge in [-0.3, -0.25) is 4.79 Å². The van der Waals surface area contributed by atoms with Crippen molar-refractivity contribution in [2.24, 2.45) is 0 Å². The minimum atomic E-state index is -1.10. The average Bonchev–Trinajstić information content (AvgIpc) is 1.83. The Kier molecular flexibility index (Phi) is 6.96. The van der Waals surface area contributed by atoms with Crippen LogP contribution in [0.5, 0.6) is 0 Å². The second-order valence-corrected chi connectivity index (χ2v) is 1.36. The molecule has 5 N–H and O–H groups in total. The SMILES string of the molecule is N.O=C(O)CCC(=O)OO. The van der Waals surface area contributed by atoms with Crippen molar-refractivity contribution in [3.63, 3.8) is 0 Å². The van der Waals surface area contributed by atoms with Crippen molar-refractivity contribution in [3.05, 3.63) is 0 Å². The van der Waals surface area contributed by atoms with E-state index in [2.05, 4.69) is 4.89 Å². The molecule has 6 heteroatoms. The number of carbonyl (C=O) groups is 2. The van der Waals surface area contributed by atoms with Crippen LogP contribution >= 0.6 is 0 Å². The molecule has 0 aliphatic heterocycles. The normalized spacial score (nSPS) is 7.70. The molecule has 0 aromatic carbocycles. The zero-order chi connectivity index (χ0) is 7.28. The highest BCUT2D eigenvalue weighted by molar-refractivity contribution is 5.76. The van der Waals surface area contributed by atoms with Gasteiger partial charge in [-0.15, -0.1) is 0 Å². The summed E-state index contributed by atoms with van der Waals surface area (Å²) < 4.78 is 0. The van der Waals surface area contributed by atoms with Gasteiger partial charge >= 0.3 is 11.9 Å². The van der Waals surface area contributed by atoms with E-state index in [4.69, 9.17) is 10.4 Å². The first-order chi connectivity index (χ1) is 4.16. The van der Waals surface area contributed by atoms with Crippen LogP contribution in [0.25, 0.3) is 0 Å². The molecule has 0 radical (unpaired) electrons. The summed E-state index contributed by atoms with van der Waals surface area (Å²) in [5.74, 6) is -2.03. The van der Waals surface area contributed by atoms with Crippen LogP contribution in [0.1, 0.15) is 12.8 Å². The van der Waals surface area contributed by atoms with Crippen LogP contribution in [0.2, 0.25) is 0 Å². The number of carbonyl (C=O) groups excluding carboxylic acids is 1. The van der Waals surface area contributed by atoms with Crippen molar-refractivity contribution in [1.29, 1.82) is 0 Å². The number of carboxylic acid groups (broad SMARTS) is 1. The van der Waals surface area contributed by atoms with Gasteiger partial charge in [-0.25, -0.2) is 4.79 Å². The minimum absolute atomic E-state index is 0. The second-order valence-electron chi connectivity index (χ2n) is 1.36. The quantitative estimate of drug-likeness (QED) is 0.386. The van der Waals surface area contributed by atoms with Crippen molar-refractivity contribution in [3.8, 4) is 0 Å². The van der Waals surface area contributed by atoms with Crippen molar-refractivity contribution in [2.75, 3.05) is 0 Å². The number of hydrogen-bond acceptors (Lipinski definition) is 5. The molecule has 0 saturated carbocycles. The van der Waals surface area contributed by atoms with Crippen LogP contribution in [0.4, 0.5) is 0 Å². The smallest absolute Gasteiger partial charge is 0.342 e. The Bertz CT molecular complexity index is 123. The summed E-state index contributed by atoms with van der Waals surface area (Å²) in [4.78, 5) is 22.9. The molecule has 0 aliphatic rings. The molecule has 0 bridgehead atoms. The Hall–Kier alpha value is -1.14. The molecule has 0 atom stereocenters. The van der Waals surface area contributed by atoms with Gasteiger partial charge in [0.15, 0.2) is 0 Å². The molecular weight excluding hydrogens is 142 g/mol. The van der Waals surface area contributed by atoms with E-state index in [0.29, 0.717) is 0 Å². The van der Waals surface area contributed by atoms with Crippen molar-refractivity contribution < 1.29 is 24.8 Å². The van der Waals surface area contributed by atoms with Gasteiger partial charge in [-0.05, 0) is 0 Å². The van der Waals surface area contributed by atoms with Gasteiger partial charge in [-0.1, -0.05) is 0 Å². The van der Waals surface area contributed by atoms with Crippen LogP contribution < -0.4 is 6.15 Å². The van der Waals surface area contributed by atoms with E-state index in [1.54, 1.807) is 0 Å². The fourth-order valence-electron chi connectivity index (χ4n) is 0.255. The fraction of sp³-hybridized carbons (Fsp3) is 0.500. The van der Waals surface area contributed by atoms with E-state index < -0.39 is 11.9 Å². The van der Waals surface area contributed by atoms with E-state index in [1.807, 2.05) is 0 Å². The molecule has 0 unspecified atom stereocenters. The van der Waals surface area contributed by atoms with Crippen molar-refractivity contribution in [2.45, 2.75) is 12.8 Å². The Balaban J connectivity index is 0. The second kappa shape index (κ2) is 5.99. The lowest BCUT2D eigenvalue weighted by molar-refractivity contribution is -0.234. The minimum Gasteiger partial charge on any atom is -0.481 e. The van der Waals surface area contributed by atoms with Crippen molar-refractivity contribution in [1.82, 2.24) is 6.15 Å². The van der Waals surface area contributed by atoms with E-state index >= 15 is 0 Å². The summed E-state index contributed by atoms with van der Waals surface area (Å²) in [5, 5.41) is 15.6. The summed E-state index contributed by atoms with van der Waals surface area (Å²) in [6.07, 6.45) is -0.620. The molecule has 6 nitrogen and oxygen atoms in total. The Morgan fingerprint density at radius 3 is 2.10 bits per heavy atom. The first-order valence-corrected chi connectivity index (χ1v) is 2.23. The third kappa shape index (κ3) is 6.86. The summed E-state index contributed by atoms with van der Waals surface area (Å²) >= 11 is 0. The lowest BCUT2D eigenvalue weighted by Crippen LogP contribution is -2.04. The fourth-order valence-corrected chi connectivity index (χ4v) is 0.255. The highest BCUT2D eigenvalue weighted by Gasteiger charge is 2.04. The third-order valence-corrected chi connectivity index (χ3v) is 0.645. The molecule has 0 aromatic rings. The summed E-state index contributed by atoms with van der Waals surface area (Å²) in [6, 6.07) is 0. The topological polar surface area (TPSA) is 119 Å². The van der Waals surface area contributed by atoms with Crippen LogP contribution in [-0.4, -0.2) is 22.3 Å². The average molecular weight is 151 g/mol. The monoisotopic (exact) mass is 151 g/mol. The molecule has 0 aromatic heterocycles. The van der Waals surface area contributed by atoms with Gasteiger partial charge in [-0.2, -0.15) is 5.26 Å². The molecule has 0 amide bonds. The van der Waals surface area contributed by atoms with Gasteiger partial charge in [0.25, 0.3) is 0 Å². The van der Waals surface area contributed by atoms with Crippen LogP contribution in [0, 0.1) is 0 Å². The largest absolute Gasteiger partial charge is 0.481 e. The maximum absolute atomic E-state index is 9.98. The number of aliphatic carboxylic acids is 1. The van der Waals surface area contributed by atoms with Crippen LogP contribution in [0.15, 0.2) is 0 Å². The molecule has 0 aliphatic carbocycles. The first-order valence-electron chi connectivity index (χ1n) is 2.23. The third-order valence-electron chi connectivity index (χ3n) is 0.645. The van der Waals surface area contributed by atoms with Crippen LogP contribution in [0.3, 0.4) is 0 Å². The van der Waals surface area contributed by atoms with Crippen molar-refractivity contribution >= 4 is 11.9 Å². The maximum Gasteiger partial charge on any atom is 0.342 e. The van der Waals surface area contributed by atoms with Gasteiger partial charge in [0, 0.05) is 0 Å². The highest BCUT2D eigenvalue weighted by Crippen LogP contribution is 1.89. The zero-order valence-electron chi connectivity index (χ0n) is 5.24. The Morgan fingerprint density at radius 2 is 1.80 bits per heavy atom. The molecule has 0 saturated heterocycles. The predicted octanol–water partition coefficient (Wildman–Crippen LogP) is 0.0294. The summed E-state index contributed by atoms with van der Waals surface area (Å²) in [5.41, 5.74) is 0. The predicted molar refractivity (Wildman–Crippen MR) is 30.6 cm³/mol. The summed E-state index contributed by atoms with van der Waals surface area (Å²) in [6.45, 7) is 0. The number of hydrogen-bond donors (Lipinski definition) is 3. The van der Waals surface area contributed by atoms with E-state index in [0.717, 1.165) is 0 Å². The Labute approximate surface area is 56.9 Å². The molecule has 10 heavy (non-hydrogen) atoms. The summed E-state index contributed by atoms with van der Waals surface area (Å²) in [7, 11) is 0. The lowest BCUT2D eigenvalue weighted by atomic mass is 10.3. The van der Waals surface area contributed by atoms with Gasteiger partial charge in [0.1, 0.15) is 0 Å². The maximum atomic E-state index is 9.98. The molecular formula is C4H9NO5. The first kappa shape index (κ1) is 11.6. The lowest BCUT2D eigenvalue weighted by Gasteiger charge is -1.90. The van der Waals surface area contributed by atoms with E-state index in [1.165, 1.54) is 0 Å². The van der Waals surface area contributed by atoms with Crippen LogP contribution in [-0.2, 0) is 14.5 Å². The van der Waals surface area contributed by atoms with Gasteiger partial charge in [0.2, 0.25) is 0 Å². The van der Waals surface area contributed by atoms with E-state index in [-0.39, 0.29) is 19.0 Å². The molecule has 0 rings (SSSR count). The standard InChI is InChI=1S/C4H6O5.H3N/c5-3(6)1-2-4(7)9-8;/h8H,1-2H2,(H,5,6);1H3. The molecule has 0 spiro atoms. The Morgan fingerprint density at radius 1 is 1.30 bits per heavy atom. The number of rotatable bonds is 3. The highest BCUT2D eigenvalue weighted by atomic mass is 17.1. The van der Waals surface area contributed by atoms with Gasteiger partial charge < -0.3 is 16.1 Å². The van der Waals surface area contributed by atoms with E-state index in [9.17, 15) is 9.59 Å². The van der Waals surface area contributed by atoms with Gasteiger partial charge in [0.05, 0.1) is 12.8 Å². The molecule has 0 heterocycles. The zero-order valence-corrected chi connectivity index (χ0v) is 5.24.